The van der Waals surface area contributed by atoms with Crippen LogP contribution in [0.5, 0.6) is 0 Å². The van der Waals surface area contributed by atoms with E-state index in [0.717, 1.165) is 18.4 Å². The highest BCUT2D eigenvalue weighted by molar-refractivity contribution is 5.40. The molecule has 21 heavy (non-hydrogen) atoms. The average Bonchev–Trinajstić information content (AvgIpc) is 2.47. The molecule has 3 rings (SSSR count). The standard InChI is InChI=1S/C18H19F2N/c1-21-15(8-12-6-7-17(19)18(20)9-12)11-14-10-13-4-2-3-5-16(13)14/h2-7,9,14-15,21H,8,10-11H2,1H3. The van der Waals surface area contributed by atoms with E-state index >= 15 is 0 Å². The molecular weight excluding hydrogens is 268 g/mol. The van der Waals surface area contributed by atoms with E-state index in [1.165, 1.54) is 23.3 Å². The minimum absolute atomic E-state index is 0.271. The van der Waals surface area contributed by atoms with Crippen molar-refractivity contribution in [3.63, 3.8) is 0 Å². The summed E-state index contributed by atoms with van der Waals surface area (Å²) in [4.78, 5) is 0. The highest BCUT2D eigenvalue weighted by Gasteiger charge is 2.27. The van der Waals surface area contributed by atoms with Gasteiger partial charge in [-0.3, -0.25) is 0 Å². The second kappa shape index (κ2) is 5.94. The molecule has 0 aliphatic heterocycles. The van der Waals surface area contributed by atoms with E-state index in [-0.39, 0.29) is 6.04 Å². The number of hydrogen-bond donors (Lipinski definition) is 1. The summed E-state index contributed by atoms with van der Waals surface area (Å²) in [5, 5.41) is 3.30. The van der Waals surface area contributed by atoms with Gasteiger partial charge in [0.25, 0.3) is 0 Å². The molecule has 0 amide bonds. The van der Waals surface area contributed by atoms with Crippen LogP contribution in [0.4, 0.5) is 8.78 Å². The third-order valence-corrected chi connectivity index (χ3v) is 4.40. The summed E-state index contributed by atoms with van der Waals surface area (Å²) in [6.45, 7) is 0. The molecule has 0 bridgehead atoms. The molecule has 0 spiro atoms. The maximum Gasteiger partial charge on any atom is 0.159 e. The quantitative estimate of drug-likeness (QED) is 0.881. The van der Waals surface area contributed by atoms with Crippen LogP contribution in [0.2, 0.25) is 0 Å². The molecule has 0 heterocycles. The van der Waals surface area contributed by atoms with Crippen LogP contribution >= 0.6 is 0 Å². The van der Waals surface area contributed by atoms with Crippen LogP contribution in [0, 0.1) is 11.6 Å². The Morgan fingerprint density at radius 1 is 1.14 bits per heavy atom. The molecule has 1 N–H and O–H groups in total. The van der Waals surface area contributed by atoms with Crippen molar-refractivity contribution in [1.82, 2.24) is 5.32 Å². The van der Waals surface area contributed by atoms with Gasteiger partial charge in [-0.2, -0.15) is 0 Å². The van der Waals surface area contributed by atoms with E-state index in [0.29, 0.717) is 12.3 Å². The van der Waals surface area contributed by atoms with E-state index in [1.807, 2.05) is 7.05 Å². The molecule has 2 aromatic rings. The van der Waals surface area contributed by atoms with Gasteiger partial charge in [-0.1, -0.05) is 30.3 Å². The zero-order valence-electron chi connectivity index (χ0n) is 12.1. The van der Waals surface area contributed by atoms with E-state index in [9.17, 15) is 8.78 Å². The fraction of sp³-hybridized carbons (Fsp3) is 0.333. The molecule has 1 aliphatic rings. The summed E-state index contributed by atoms with van der Waals surface area (Å²) in [5.41, 5.74) is 3.70. The molecule has 0 fully saturated rings. The molecule has 0 saturated carbocycles. The summed E-state index contributed by atoms with van der Waals surface area (Å²) in [5.74, 6) is -0.979. The number of benzene rings is 2. The lowest BCUT2D eigenvalue weighted by Crippen LogP contribution is -2.32. The number of nitrogens with one attached hydrogen (secondary N) is 1. The highest BCUT2D eigenvalue weighted by Crippen LogP contribution is 2.38. The molecule has 2 atom stereocenters. The van der Waals surface area contributed by atoms with Gasteiger partial charge in [-0.05, 0) is 61.1 Å². The van der Waals surface area contributed by atoms with Gasteiger partial charge in [-0.15, -0.1) is 0 Å². The van der Waals surface area contributed by atoms with Crippen molar-refractivity contribution in [2.45, 2.75) is 31.2 Å². The van der Waals surface area contributed by atoms with E-state index in [2.05, 4.69) is 29.6 Å². The summed E-state index contributed by atoms with van der Waals surface area (Å²) in [6, 6.07) is 13.0. The first kappa shape index (κ1) is 14.2. The minimum atomic E-state index is -0.785. The summed E-state index contributed by atoms with van der Waals surface area (Å²) in [7, 11) is 1.93. The van der Waals surface area contributed by atoms with Crippen LogP contribution in [0.1, 0.15) is 29.0 Å². The van der Waals surface area contributed by atoms with Gasteiger partial charge >= 0.3 is 0 Å². The Morgan fingerprint density at radius 2 is 1.95 bits per heavy atom. The Bertz CT molecular complexity index is 639. The first-order valence-corrected chi connectivity index (χ1v) is 7.36. The molecule has 1 nitrogen and oxygen atoms in total. The molecule has 110 valence electrons. The first-order chi connectivity index (χ1) is 10.2. The number of likely N-dealkylation sites (N-methyl/N-ethyl adjacent to an activating group) is 1. The third-order valence-electron chi connectivity index (χ3n) is 4.40. The third kappa shape index (κ3) is 2.98. The molecule has 3 heteroatoms. The van der Waals surface area contributed by atoms with Crippen molar-refractivity contribution in [1.29, 1.82) is 0 Å². The van der Waals surface area contributed by atoms with Crippen molar-refractivity contribution in [2.24, 2.45) is 0 Å². The zero-order chi connectivity index (χ0) is 14.8. The molecule has 2 aromatic carbocycles. The van der Waals surface area contributed by atoms with Crippen molar-refractivity contribution < 1.29 is 8.78 Å². The lowest BCUT2D eigenvalue weighted by molar-refractivity contribution is 0.436. The fourth-order valence-electron chi connectivity index (χ4n) is 3.17. The van der Waals surface area contributed by atoms with Crippen LogP contribution in [0.3, 0.4) is 0 Å². The molecule has 0 aromatic heterocycles. The SMILES string of the molecule is CNC(Cc1ccc(F)c(F)c1)CC1Cc2ccccc21. The zero-order valence-corrected chi connectivity index (χ0v) is 12.1. The van der Waals surface area contributed by atoms with Crippen molar-refractivity contribution in [2.75, 3.05) is 7.05 Å². The predicted molar refractivity (Wildman–Crippen MR) is 80.4 cm³/mol. The van der Waals surface area contributed by atoms with Gasteiger partial charge in [0.1, 0.15) is 0 Å². The van der Waals surface area contributed by atoms with E-state index in [4.69, 9.17) is 0 Å². The van der Waals surface area contributed by atoms with Gasteiger partial charge in [0.2, 0.25) is 0 Å². The monoisotopic (exact) mass is 287 g/mol. The van der Waals surface area contributed by atoms with Gasteiger partial charge < -0.3 is 5.32 Å². The second-order valence-electron chi connectivity index (χ2n) is 5.77. The maximum atomic E-state index is 13.3. The first-order valence-electron chi connectivity index (χ1n) is 7.36. The topological polar surface area (TPSA) is 12.0 Å². The lowest BCUT2D eigenvalue weighted by atomic mass is 9.74. The largest absolute Gasteiger partial charge is 0.317 e. The molecule has 1 aliphatic carbocycles. The van der Waals surface area contributed by atoms with Gasteiger partial charge in [0.15, 0.2) is 11.6 Å². The summed E-state index contributed by atoms with van der Waals surface area (Å²) < 4.78 is 26.2. The Balaban J connectivity index is 1.65. The van der Waals surface area contributed by atoms with Crippen molar-refractivity contribution >= 4 is 0 Å². The van der Waals surface area contributed by atoms with Gasteiger partial charge in [0.05, 0.1) is 0 Å². The molecular formula is C18H19F2N. The van der Waals surface area contributed by atoms with E-state index in [1.54, 1.807) is 6.07 Å². The average molecular weight is 287 g/mol. The summed E-state index contributed by atoms with van der Waals surface area (Å²) >= 11 is 0. The van der Waals surface area contributed by atoms with E-state index < -0.39 is 11.6 Å². The number of halogens is 2. The molecule has 2 unspecified atom stereocenters. The number of hydrogen-bond acceptors (Lipinski definition) is 1. The smallest absolute Gasteiger partial charge is 0.159 e. The van der Waals surface area contributed by atoms with Crippen LogP contribution < -0.4 is 5.32 Å². The normalized spacial score (nSPS) is 18.0. The Hall–Kier alpha value is -1.74. The fourth-order valence-corrected chi connectivity index (χ4v) is 3.17. The van der Waals surface area contributed by atoms with Crippen LogP contribution in [0.25, 0.3) is 0 Å². The van der Waals surface area contributed by atoms with Crippen molar-refractivity contribution in [3.8, 4) is 0 Å². The molecule has 0 radical (unpaired) electrons. The van der Waals surface area contributed by atoms with Crippen LogP contribution in [-0.4, -0.2) is 13.1 Å². The minimum Gasteiger partial charge on any atom is -0.317 e. The molecule has 0 saturated heterocycles. The Labute approximate surface area is 124 Å². The van der Waals surface area contributed by atoms with Crippen molar-refractivity contribution in [3.05, 3.63) is 70.8 Å². The highest BCUT2D eigenvalue weighted by atomic mass is 19.2. The van der Waals surface area contributed by atoms with Crippen LogP contribution in [0.15, 0.2) is 42.5 Å². The summed E-state index contributed by atoms with van der Waals surface area (Å²) in [6.07, 6.45) is 2.85. The maximum absolute atomic E-state index is 13.3. The predicted octanol–water partition coefficient (Wildman–Crippen LogP) is 3.83. The lowest BCUT2D eigenvalue weighted by Gasteiger charge is -2.33. The number of fused-ring (bicyclic) bond motifs is 1. The second-order valence-corrected chi connectivity index (χ2v) is 5.77. The van der Waals surface area contributed by atoms with Gasteiger partial charge in [0, 0.05) is 6.04 Å². The number of rotatable bonds is 5. The van der Waals surface area contributed by atoms with Gasteiger partial charge in [-0.25, -0.2) is 8.78 Å². The Kier molecular flexibility index (Phi) is 4.02. The van der Waals surface area contributed by atoms with Crippen LogP contribution in [-0.2, 0) is 12.8 Å². The Morgan fingerprint density at radius 3 is 2.67 bits per heavy atom.